The highest BCUT2D eigenvalue weighted by Crippen LogP contribution is 2.53. The highest BCUT2D eigenvalue weighted by molar-refractivity contribution is 9.10. The van der Waals surface area contributed by atoms with E-state index in [9.17, 15) is 13.6 Å². The van der Waals surface area contributed by atoms with Crippen molar-refractivity contribution in [3.05, 3.63) is 33.8 Å². The summed E-state index contributed by atoms with van der Waals surface area (Å²) in [4.78, 5) is 10.6. The smallest absolute Gasteiger partial charge is 0.248 e. The standard InChI is InChI=1S/C11H9BrF2O/c12-9-4-7(6-15)3-8(5-9)11(1-2-11)10(13)14/h3-6,10H,1-2H2. The molecule has 1 aromatic carbocycles. The van der Waals surface area contributed by atoms with Crippen molar-refractivity contribution in [1.29, 1.82) is 0 Å². The molecule has 0 amide bonds. The SMILES string of the molecule is O=Cc1cc(Br)cc(C2(C(F)F)CC2)c1. The first kappa shape index (κ1) is 10.7. The fourth-order valence-electron chi connectivity index (χ4n) is 1.74. The molecule has 1 saturated carbocycles. The number of benzene rings is 1. The van der Waals surface area contributed by atoms with E-state index in [-0.39, 0.29) is 0 Å². The van der Waals surface area contributed by atoms with Crippen molar-refractivity contribution in [2.75, 3.05) is 0 Å². The van der Waals surface area contributed by atoms with Gasteiger partial charge in [0, 0.05) is 10.0 Å². The van der Waals surface area contributed by atoms with E-state index < -0.39 is 11.8 Å². The summed E-state index contributed by atoms with van der Waals surface area (Å²) < 4.78 is 26.3. The molecule has 0 bridgehead atoms. The van der Waals surface area contributed by atoms with Crippen LogP contribution in [0.1, 0.15) is 28.8 Å². The van der Waals surface area contributed by atoms with E-state index in [1.807, 2.05) is 0 Å². The normalized spacial score (nSPS) is 17.9. The number of carbonyl (C=O) groups excluding carboxylic acids is 1. The molecule has 1 aromatic rings. The zero-order valence-electron chi connectivity index (χ0n) is 7.84. The minimum absolute atomic E-state index is 0.436. The Morgan fingerprint density at radius 1 is 1.33 bits per heavy atom. The molecular formula is C11H9BrF2O. The molecule has 0 spiro atoms. The monoisotopic (exact) mass is 274 g/mol. The number of hydrogen-bond acceptors (Lipinski definition) is 1. The molecule has 1 aliphatic rings. The summed E-state index contributed by atoms with van der Waals surface area (Å²) in [6, 6.07) is 4.85. The van der Waals surface area contributed by atoms with Crippen LogP contribution < -0.4 is 0 Å². The molecule has 15 heavy (non-hydrogen) atoms. The maximum absolute atomic E-state index is 12.8. The number of rotatable bonds is 3. The third kappa shape index (κ3) is 1.83. The van der Waals surface area contributed by atoms with E-state index >= 15 is 0 Å². The second kappa shape index (κ2) is 3.67. The van der Waals surface area contributed by atoms with Crippen molar-refractivity contribution in [3.63, 3.8) is 0 Å². The summed E-state index contributed by atoms with van der Waals surface area (Å²) in [6.07, 6.45) is -0.680. The number of aldehydes is 1. The summed E-state index contributed by atoms with van der Waals surface area (Å²) in [7, 11) is 0. The summed E-state index contributed by atoms with van der Waals surface area (Å²) in [6.45, 7) is 0. The molecule has 0 aromatic heterocycles. The summed E-state index contributed by atoms with van der Waals surface area (Å²) in [5.41, 5.74) is 0.00178. The van der Waals surface area contributed by atoms with Crippen molar-refractivity contribution in [2.45, 2.75) is 24.7 Å². The molecule has 2 rings (SSSR count). The predicted molar refractivity (Wildman–Crippen MR) is 56.4 cm³/mol. The van der Waals surface area contributed by atoms with Crippen LogP contribution in [-0.2, 0) is 5.41 Å². The lowest BCUT2D eigenvalue weighted by atomic mass is 9.95. The van der Waals surface area contributed by atoms with Gasteiger partial charge in [0.1, 0.15) is 6.29 Å². The second-order valence-electron chi connectivity index (χ2n) is 3.85. The highest BCUT2D eigenvalue weighted by atomic mass is 79.9. The largest absolute Gasteiger partial charge is 0.298 e. The van der Waals surface area contributed by atoms with E-state index in [4.69, 9.17) is 0 Å². The van der Waals surface area contributed by atoms with Gasteiger partial charge >= 0.3 is 0 Å². The zero-order valence-corrected chi connectivity index (χ0v) is 9.43. The topological polar surface area (TPSA) is 17.1 Å². The van der Waals surface area contributed by atoms with Crippen LogP contribution in [0.25, 0.3) is 0 Å². The number of carbonyl (C=O) groups is 1. The number of alkyl halides is 2. The van der Waals surface area contributed by atoms with Gasteiger partial charge in [-0.25, -0.2) is 8.78 Å². The van der Waals surface area contributed by atoms with Gasteiger partial charge in [0.25, 0.3) is 0 Å². The van der Waals surface area contributed by atoms with Crippen molar-refractivity contribution in [3.8, 4) is 0 Å². The average Bonchev–Trinajstić information content (AvgIpc) is 2.97. The van der Waals surface area contributed by atoms with Gasteiger partial charge in [0.15, 0.2) is 0 Å². The molecule has 1 aliphatic carbocycles. The van der Waals surface area contributed by atoms with Gasteiger partial charge in [-0.2, -0.15) is 0 Å². The maximum atomic E-state index is 12.8. The Hall–Kier alpha value is -0.770. The average molecular weight is 275 g/mol. The molecule has 4 heteroatoms. The van der Waals surface area contributed by atoms with Crippen molar-refractivity contribution in [2.24, 2.45) is 0 Å². The lowest BCUT2D eigenvalue weighted by Crippen LogP contribution is -2.17. The van der Waals surface area contributed by atoms with E-state index in [0.29, 0.717) is 34.7 Å². The van der Waals surface area contributed by atoms with Crippen LogP contribution in [0.2, 0.25) is 0 Å². The van der Waals surface area contributed by atoms with Gasteiger partial charge in [0.2, 0.25) is 6.43 Å². The van der Waals surface area contributed by atoms with Gasteiger partial charge in [-0.1, -0.05) is 15.9 Å². The Morgan fingerprint density at radius 3 is 2.47 bits per heavy atom. The van der Waals surface area contributed by atoms with Gasteiger partial charge < -0.3 is 0 Å². The molecular weight excluding hydrogens is 266 g/mol. The van der Waals surface area contributed by atoms with E-state index in [2.05, 4.69) is 15.9 Å². The van der Waals surface area contributed by atoms with Crippen LogP contribution in [-0.4, -0.2) is 12.7 Å². The lowest BCUT2D eigenvalue weighted by molar-refractivity contribution is 0.101. The molecule has 0 saturated heterocycles. The third-order valence-corrected chi connectivity index (χ3v) is 3.30. The molecule has 1 fully saturated rings. The minimum atomic E-state index is -2.36. The van der Waals surface area contributed by atoms with Gasteiger partial charge in [-0.05, 0) is 36.6 Å². The van der Waals surface area contributed by atoms with Gasteiger partial charge in [0.05, 0.1) is 5.41 Å². The third-order valence-electron chi connectivity index (χ3n) is 2.84. The van der Waals surface area contributed by atoms with Crippen LogP contribution in [0.5, 0.6) is 0 Å². The second-order valence-corrected chi connectivity index (χ2v) is 4.76. The van der Waals surface area contributed by atoms with Crippen molar-refractivity contribution in [1.82, 2.24) is 0 Å². The Kier molecular flexibility index (Phi) is 2.63. The molecule has 0 radical (unpaired) electrons. The molecule has 1 nitrogen and oxygen atoms in total. The zero-order chi connectivity index (χ0) is 11.1. The Labute approximate surface area is 94.6 Å². The number of halogens is 3. The van der Waals surface area contributed by atoms with Gasteiger partial charge in [-0.15, -0.1) is 0 Å². The molecule has 0 unspecified atom stereocenters. The molecule has 0 heterocycles. The van der Waals surface area contributed by atoms with Crippen LogP contribution in [0.3, 0.4) is 0 Å². The minimum Gasteiger partial charge on any atom is -0.298 e. The molecule has 80 valence electrons. The molecule has 0 atom stereocenters. The summed E-state index contributed by atoms with van der Waals surface area (Å²) in [5.74, 6) is 0. The first-order chi connectivity index (χ1) is 7.08. The highest BCUT2D eigenvalue weighted by Gasteiger charge is 2.52. The number of hydrogen-bond donors (Lipinski definition) is 0. The Morgan fingerprint density at radius 2 is 2.00 bits per heavy atom. The van der Waals surface area contributed by atoms with Crippen molar-refractivity contribution < 1.29 is 13.6 Å². The predicted octanol–water partition coefficient (Wildman–Crippen LogP) is 3.56. The van der Waals surface area contributed by atoms with E-state index in [0.717, 1.165) is 0 Å². The summed E-state index contributed by atoms with van der Waals surface area (Å²) >= 11 is 3.22. The fraction of sp³-hybridized carbons (Fsp3) is 0.364. The molecule has 0 N–H and O–H groups in total. The molecule has 0 aliphatic heterocycles. The Balaban J connectivity index is 2.44. The van der Waals surface area contributed by atoms with Crippen molar-refractivity contribution >= 4 is 22.2 Å². The van der Waals surface area contributed by atoms with Gasteiger partial charge in [-0.3, -0.25) is 4.79 Å². The first-order valence-electron chi connectivity index (χ1n) is 4.63. The van der Waals surface area contributed by atoms with Crippen LogP contribution >= 0.6 is 15.9 Å². The van der Waals surface area contributed by atoms with Crippen LogP contribution in [0.4, 0.5) is 8.78 Å². The summed E-state index contributed by atoms with van der Waals surface area (Å²) in [5, 5.41) is 0. The van der Waals surface area contributed by atoms with Crippen LogP contribution in [0.15, 0.2) is 22.7 Å². The van der Waals surface area contributed by atoms with E-state index in [1.54, 1.807) is 18.2 Å². The Bertz CT molecular complexity index is 400. The quantitative estimate of drug-likeness (QED) is 0.771. The first-order valence-corrected chi connectivity index (χ1v) is 5.42. The fourth-order valence-corrected chi connectivity index (χ4v) is 2.25. The van der Waals surface area contributed by atoms with Crippen LogP contribution in [0, 0.1) is 0 Å². The lowest BCUT2D eigenvalue weighted by Gasteiger charge is -2.15. The van der Waals surface area contributed by atoms with E-state index in [1.165, 1.54) is 0 Å². The maximum Gasteiger partial charge on any atom is 0.248 e.